The molecule has 5 aliphatic rings. The molecule has 3 nitrogen and oxygen atoms in total. The Morgan fingerprint density at radius 3 is 1.56 bits per heavy atom. The summed E-state index contributed by atoms with van der Waals surface area (Å²) < 4.78 is 6.38. The van der Waals surface area contributed by atoms with Gasteiger partial charge in [0.2, 0.25) is 0 Å². The maximum atomic E-state index is 6.38. The van der Waals surface area contributed by atoms with E-state index < -0.39 is 0 Å². The van der Waals surface area contributed by atoms with Gasteiger partial charge >= 0.3 is 0 Å². The molecule has 6 aromatic carbocycles. The van der Waals surface area contributed by atoms with Crippen molar-refractivity contribution in [2.75, 3.05) is 4.90 Å². The van der Waals surface area contributed by atoms with E-state index in [-0.39, 0.29) is 10.8 Å². The molecule has 4 fully saturated rings. The zero-order valence-electron chi connectivity index (χ0n) is 30.4. The monoisotopic (exact) mass is 698 g/mol. The molecule has 54 heavy (non-hydrogen) atoms. The summed E-state index contributed by atoms with van der Waals surface area (Å²) in [5, 5.41) is 0. The number of anilines is 3. The molecular formula is C51H42N2O. The van der Waals surface area contributed by atoms with E-state index in [0.29, 0.717) is 0 Å². The molecule has 2 heterocycles. The molecule has 0 spiro atoms. The summed E-state index contributed by atoms with van der Waals surface area (Å²) in [5.41, 5.74) is 13.6. The number of rotatable bonds is 6. The second kappa shape index (κ2) is 12.3. The number of ether oxygens (including phenoxy) is 1. The van der Waals surface area contributed by atoms with E-state index in [1.807, 2.05) is 0 Å². The highest BCUT2D eigenvalue weighted by molar-refractivity contribution is 5.86. The van der Waals surface area contributed by atoms with Crippen LogP contribution < -0.4 is 9.64 Å². The molecule has 0 amide bonds. The van der Waals surface area contributed by atoms with Gasteiger partial charge in [-0.1, -0.05) is 121 Å². The summed E-state index contributed by atoms with van der Waals surface area (Å²) in [7, 11) is 0. The lowest BCUT2D eigenvalue weighted by Gasteiger charge is -2.63. The van der Waals surface area contributed by atoms with Crippen LogP contribution in [-0.2, 0) is 10.8 Å². The van der Waals surface area contributed by atoms with Crippen LogP contribution in [0.25, 0.3) is 33.6 Å². The first kappa shape index (κ1) is 31.6. The van der Waals surface area contributed by atoms with Crippen LogP contribution in [0.3, 0.4) is 0 Å². The summed E-state index contributed by atoms with van der Waals surface area (Å²) in [6.45, 7) is 0. The summed E-state index contributed by atoms with van der Waals surface area (Å²) in [6, 6.07) is 61.8. The van der Waals surface area contributed by atoms with E-state index in [1.54, 1.807) is 0 Å². The smallest absolute Gasteiger partial charge is 0.151 e. The lowest BCUT2D eigenvalue weighted by Crippen LogP contribution is -2.55. The van der Waals surface area contributed by atoms with Crippen molar-refractivity contribution in [1.82, 2.24) is 4.98 Å². The van der Waals surface area contributed by atoms with Crippen LogP contribution in [0.4, 0.5) is 17.1 Å². The molecule has 262 valence electrons. The zero-order chi connectivity index (χ0) is 35.7. The van der Waals surface area contributed by atoms with Crippen molar-refractivity contribution in [3.63, 3.8) is 0 Å². The third kappa shape index (κ3) is 5.21. The maximum absolute atomic E-state index is 6.38. The number of aromatic nitrogens is 1. The average Bonchev–Trinajstić information content (AvgIpc) is 3.23. The molecule has 3 heteroatoms. The van der Waals surface area contributed by atoms with E-state index in [2.05, 4.69) is 175 Å². The van der Waals surface area contributed by atoms with Gasteiger partial charge in [0, 0.05) is 16.8 Å². The predicted molar refractivity (Wildman–Crippen MR) is 220 cm³/mol. The second-order valence-corrected chi connectivity index (χ2v) is 16.4. The van der Waals surface area contributed by atoms with Crippen molar-refractivity contribution in [3.8, 4) is 45.1 Å². The maximum Gasteiger partial charge on any atom is 0.151 e. The first-order valence-electron chi connectivity index (χ1n) is 19.6. The second-order valence-electron chi connectivity index (χ2n) is 16.4. The first-order valence-corrected chi connectivity index (χ1v) is 19.6. The summed E-state index contributed by atoms with van der Waals surface area (Å²) in [4.78, 5) is 7.58. The Labute approximate surface area is 317 Å². The minimum Gasteiger partial charge on any atom is -0.453 e. The van der Waals surface area contributed by atoms with Crippen molar-refractivity contribution in [1.29, 1.82) is 0 Å². The van der Waals surface area contributed by atoms with Crippen LogP contribution in [-0.4, -0.2) is 4.98 Å². The van der Waals surface area contributed by atoms with E-state index in [4.69, 9.17) is 9.72 Å². The molecule has 2 unspecified atom stereocenters. The van der Waals surface area contributed by atoms with Crippen LogP contribution in [0.1, 0.15) is 49.7 Å². The number of benzene rings is 6. The van der Waals surface area contributed by atoms with E-state index >= 15 is 0 Å². The van der Waals surface area contributed by atoms with Crippen LogP contribution in [0, 0.1) is 11.8 Å². The van der Waals surface area contributed by atoms with Gasteiger partial charge in [0.25, 0.3) is 0 Å². The van der Waals surface area contributed by atoms with E-state index in [9.17, 15) is 0 Å². The van der Waals surface area contributed by atoms with Gasteiger partial charge in [0.05, 0.1) is 22.8 Å². The van der Waals surface area contributed by atoms with Gasteiger partial charge in [-0.2, -0.15) is 0 Å². The topological polar surface area (TPSA) is 25.4 Å². The standard InChI is InChI=1S/C51H42N2O/c1-3-13-37(14-4-1)44-27-40(28-45(52-44)38-15-5-2-6-16-38)39-17-11-18-41(26-39)50-30-35-25-36(31-50)33-51(32-35,34-50)42-19-12-20-43(29-42)53-46-21-7-9-23-48(46)54-49-24-10-8-22-47(49)53/h1-24,26-29,35-36H,25,30-34H2. The van der Waals surface area contributed by atoms with E-state index in [0.717, 1.165) is 57.2 Å². The number of para-hydroxylation sites is 4. The minimum absolute atomic E-state index is 0.166. The fraction of sp³-hybridized carbons (Fsp3) is 0.196. The Bertz CT molecular complexity index is 2410. The summed E-state index contributed by atoms with van der Waals surface area (Å²) >= 11 is 0. The van der Waals surface area contributed by atoms with Gasteiger partial charge < -0.3 is 9.64 Å². The Morgan fingerprint density at radius 2 is 0.963 bits per heavy atom. The van der Waals surface area contributed by atoms with E-state index in [1.165, 1.54) is 66.5 Å². The Morgan fingerprint density at radius 1 is 0.463 bits per heavy atom. The van der Waals surface area contributed by atoms with Crippen LogP contribution in [0.2, 0.25) is 0 Å². The van der Waals surface area contributed by atoms with Gasteiger partial charge in [-0.25, -0.2) is 4.98 Å². The van der Waals surface area contributed by atoms with Gasteiger partial charge in [0.1, 0.15) is 0 Å². The molecule has 4 saturated carbocycles. The molecular weight excluding hydrogens is 657 g/mol. The van der Waals surface area contributed by atoms with Gasteiger partial charge in [0.15, 0.2) is 11.5 Å². The number of fused-ring (bicyclic) bond motifs is 2. The largest absolute Gasteiger partial charge is 0.453 e. The number of nitrogens with zero attached hydrogens (tertiary/aromatic N) is 2. The highest BCUT2D eigenvalue weighted by atomic mass is 16.5. The van der Waals surface area contributed by atoms with Crippen molar-refractivity contribution < 1.29 is 4.74 Å². The number of hydrogen-bond donors (Lipinski definition) is 0. The molecule has 7 aromatic rings. The molecule has 1 aromatic heterocycles. The average molecular weight is 699 g/mol. The fourth-order valence-electron chi connectivity index (χ4n) is 11.1. The number of hydrogen-bond acceptors (Lipinski definition) is 3. The molecule has 0 saturated heterocycles. The molecule has 2 atom stereocenters. The predicted octanol–water partition coefficient (Wildman–Crippen LogP) is 13.4. The van der Waals surface area contributed by atoms with Gasteiger partial charge in [-0.05, 0) is 132 Å². The third-order valence-electron chi connectivity index (χ3n) is 13.0. The van der Waals surface area contributed by atoms with Crippen molar-refractivity contribution in [3.05, 3.63) is 181 Å². The summed E-state index contributed by atoms with van der Waals surface area (Å²) in [6.07, 6.45) is 7.74. The Kier molecular flexibility index (Phi) is 7.20. The normalized spacial score (nSPS) is 23.4. The molecule has 12 rings (SSSR count). The van der Waals surface area contributed by atoms with Gasteiger partial charge in [-0.3, -0.25) is 0 Å². The van der Waals surface area contributed by atoms with Crippen molar-refractivity contribution in [2.24, 2.45) is 11.8 Å². The fourth-order valence-corrected chi connectivity index (χ4v) is 11.1. The van der Waals surface area contributed by atoms with Gasteiger partial charge in [-0.15, -0.1) is 0 Å². The molecule has 0 radical (unpaired) electrons. The molecule has 1 aliphatic heterocycles. The van der Waals surface area contributed by atoms with Crippen molar-refractivity contribution >= 4 is 17.1 Å². The minimum atomic E-state index is 0.166. The lowest BCUT2D eigenvalue weighted by molar-refractivity contribution is -0.0281. The lowest BCUT2D eigenvalue weighted by atomic mass is 9.41. The number of pyridine rings is 1. The molecule has 4 bridgehead atoms. The quantitative estimate of drug-likeness (QED) is 0.173. The summed E-state index contributed by atoms with van der Waals surface area (Å²) in [5.74, 6) is 3.30. The highest BCUT2D eigenvalue weighted by Crippen LogP contribution is 2.66. The Hall–Kier alpha value is -5.93. The van der Waals surface area contributed by atoms with Crippen LogP contribution in [0.5, 0.6) is 11.5 Å². The SMILES string of the molecule is c1ccc(-c2cc(-c3cccc(C45CC6CC(C4)CC(c4cccc(N7c8ccccc8Oc8ccccc87)c4)(C6)C5)c3)cc(-c3ccccc3)n2)cc1. The first-order chi connectivity index (χ1) is 26.6. The molecule has 0 N–H and O–H groups in total. The van der Waals surface area contributed by atoms with Crippen molar-refractivity contribution in [2.45, 2.75) is 49.4 Å². The third-order valence-corrected chi connectivity index (χ3v) is 13.0. The highest BCUT2D eigenvalue weighted by Gasteiger charge is 2.58. The molecule has 4 aliphatic carbocycles. The van der Waals surface area contributed by atoms with Crippen LogP contribution >= 0.6 is 0 Å². The Balaban J connectivity index is 0.985. The van der Waals surface area contributed by atoms with Crippen LogP contribution in [0.15, 0.2) is 170 Å². The zero-order valence-corrected chi connectivity index (χ0v) is 30.4.